The van der Waals surface area contributed by atoms with Crippen molar-refractivity contribution in [2.75, 3.05) is 66.2 Å². The molecular weight excluding hydrogens is 234 g/mol. The number of rotatable bonds is 7. The first-order chi connectivity index (χ1) is 8.77. The van der Waals surface area contributed by atoms with Crippen LogP contribution in [-0.2, 0) is 14.3 Å². The van der Waals surface area contributed by atoms with E-state index in [1.54, 1.807) is 7.11 Å². The highest BCUT2D eigenvalue weighted by atomic mass is 16.5. The summed E-state index contributed by atoms with van der Waals surface area (Å²) in [5, 5.41) is 0. The van der Waals surface area contributed by atoms with Crippen LogP contribution in [0.4, 0.5) is 0 Å². The summed E-state index contributed by atoms with van der Waals surface area (Å²) in [5.74, 6) is 0.0701. The van der Waals surface area contributed by atoms with E-state index in [1.165, 1.54) is 0 Å². The molecule has 0 aromatic rings. The fourth-order valence-electron chi connectivity index (χ4n) is 2.02. The monoisotopic (exact) mass is 259 g/mol. The lowest BCUT2D eigenvalue weighted by Gasteiger charge is -2.21. The number of methoxy groups -OCH3 is 1. The van der Waals surface area contributed by atoms with Crippen molar-refractivity contribution >= 4 is 5.91 Å². The van der Waals surface area contributed by atoms with E-state index in [-0.39, 0.29) is 12.5 Å². The van der Waals surface area contributed by atoms with E-state index in [0.29, 0.717) is 19.8 Å². The van der Waals surface area contributed by atoms with Gasteiger partial charge >= 0.3 is 0 Å². The molecule has 0 saturated carbocycles. The summed E-state index contributed by atoms with van der Waals surface area (Å²) in [5.41, 5.74) is 5.54. The lowest BCUT2D eigenvalue weighted by atomic mass is 10.4. The molecule has 0 atom stereocenters. The van der Waals surface area contributed by atoms with Crippen LogP contribution in [0.5, 0.6) is 0 Å². The van der Waals surface area contributed by atoms with Gasteiger partial charge in [0, 0.05) is 39.8 Å². The Labute approximate surface area is 109 Å². The topological polar surface area (TPSA) is 68.0 Å². The molecule has 0 spiro atoms. The fraction of sp³-hybridized carbons (Fsp3) is 0.917. The Morgan fingerprint density at radius 3 is 2.78 bits per heavy atom. The third kappa shape index (κ3) is 5.77. The van der Waals surface area contributed by atoms with Crippen LogP contribution in [0.25, 0.3) is 0 Å². The minimum atomic E-state index is 0.0701. The van der Waals surface area contributed by atoms with Gasteiger partial charge in [-0.3, -0.25) is 4.79 Å². The predicted molar refractivity (Wildman–Crippen MR) is 69.4 cm³/mol. The van der Waals surface area contributed by atoms with Crippen LogP contribution in [-0.4, -0.2) is 81.9 Å². The van der Waals surface area contributed by atoms with Crippen molar-refractivity contribution in [3.63, 3.8) is 0 Å². The van der Waals surface area contributed by atoms with Crippen molar-refractivity contribution in [1.82, 2.24) is 9.80 Å². The van der Waals surface area contributed by atoms with Crippen LogP contribution in [0.2, 0.25) is 0 Å². The van der Waals surface area contributed by atoms with Crippen LogP contribution in [0.3, 0.4) is 0 Å². The van der Waals surface area contributed by atoms with Gasteiger partial charge < -0.3 is 25.0 Å². The molecule has 1 aliphatic heterocycles. The molecule has 0 radical (unpaired) electrons. The molecule has 1 fully saturated rings. The van der Waals surface area contributed by atoms with Gasteiger partial charge in [0.15, 0.2) is 0 Å². The van der Waals surface area contributed by atoms with E-state index in [2.05, 4.69) is 4.90 Å². The average molecular weight is 259 g/mol. The number of nitrogens with two attached hydrogens (primary N) is 1. The van der Waals surface area contributed by atoms with Gasteiger partial charge in [0.2, 0.25) is 5.91 Å². The van der Waals surface area contributed by atoms with E-state index in [9.17, 15) is 4.79 Å². The molecule has 6 nitrogen and oxygen atoms in total. The van der Waals surface area contributed by atoms with E-state index in [0.717, 1.165) is 39.1 Å². The summed E-state index contributed by atoms with van der Waals surface area (Å²) in [7, 11) is 1.62. The van der Waals surface area contributed by atoms with Gasteiger partial charge in [0.25, 0.3) is 0 Å². The molecule has 0 bridgehead atoms. The van der Waals surface area contributed by atoms with Gasteiger partial charge in [-0.2, -0.15) is 0 Å². The van der Waals surface area contributed by atoms with E-state index < -0.39 is 0 Å². The number of hydrogen-bond acceptors (Lipinski definition) is 5. The lowest BCUT2D eigenvalue weighted by molar-refractivity contribution is -0.136. The number of hydrogen-bond donors (Lipinski definition) is 1. The summed E-state index contributed by atoms with van der Waals surface area (Å²) < 4.78 is 10.1. The smallest absolute Gasteiger partial charge is 0.248 e. The second-order valence-electron chi connectivity index (χ2n) is 4.41. The second kappa shape index (κ2) is 9.27. The zero-order chi connectivity index (χ0) is 13.2. The van der Waals surface area contributed by atoms with Crippen molar-refractivity contribution in [1.29, 1.82) is 0 Å². The first-order valence-corrected chi connectivity index (χ1v) is 6.54. The molecule has 1 aliphatic rings. The predicted octanol–water partition coefficient (Wildman–Crippen LogP) is -0.858. The van der Waals surface area contributed by atoms with Crippen LogP contribution in [0.1, 0.15) is 6.42 Å². The molecule has 1 amide bonds. The third-order valence-electron chi connectivity index (χ3n) is 3.04. The Balaban J connectivity index is 2.22. The molecule has 0 aliphatic carbocycles. The molecule has 1 heterocycles. The van der Waals surface area contributed by atoms with E-state index in [4.69, 9.17) is 15.2 Å². The number of nitrogens with zero attached hydrogens (tertiary/aromatic N) is 2. The summed E-state index contributed by atoms with van der Waals surface area (Å²) in [6.45, 7) is 6.24. The minimum absolute atomic E-state index is 0.0701. The molecule has 1 saturated heterocycles. The molecule has 2 N–H and O–H groups in total. The Morgan fingerprint density at radius 2 is 2.06 bits per heavy atom. The van der Waals surface area contributed by atoms with Gasteiger partial charge in [0.1, 0.15) is 6.61 Å². The van der Waals surface area contributed by atoms with Crippen molar-refractivity contribution in [2.45, 2.75) is 6.42 Å². The number of amides is 1. The third-order valence-corrected chi connectivity index (χ3v) is 3.04. The van der Waals surface area contributed by atoms with E-state index in [1.807, 2.05) is 4.90 Å². The van der Waals surface area contributed by atoms with Gasteiger partial charge in [0.05, 0.1) is 13.2 Å². The summed E-state index contributed by atoms with van der Waals surface area (Å²) in [4.78, 5) is 16.1. The fourth-order valence-corrected chi connectivity index (χ4v) is 2.02. The normalized spacial score (nSPS) is 17.8. The molecule has 0 unspecified atom stereocenters. The highest BCUT2D eigenvalue weighted by Crippen LogP contribution is 2.03. The first kappa shape index (κ1) is 15.4. The van der Waals surface area contributed by atoms with Gasteiger partial charge in [-0.05, 0) is 13.0 Å². The molecular formula is C12H25N3O3. The molecule has 1 rings (SSSR count). The van der Waals surface area contributed by atoms with Crippen LogP contribution in [0.15, 0.2) is 0 Å². The summed E-state index contributed by atoms with van der Waals surface area (Å²) in [6, 6.07) is 0. The summed E-state index contributed by atoms with van der Waals surface area (Å²) in [6.07, 6.45) is 1.00. The van der Waals surface area contributed by atoms with Crippen molar-refractivity contribution in [3.05, 3.63) is 0 Å². The van der Waals surface area contributed by atoms with Crippen molar-refractivity contribution in [3.8, 4) is 0 Å². The van der Waals surface area contributed by atoms with Gasteiger partial charge in [-0.25, -0.2) is 0 Å². The molecule has 0 aromatic carbocycles. The van der Waals surface area contributed by atoms with Crippen LogP contribution in [0, 0.1) is 0 Å². The van der Waals surface area contributed by atoms with Crippen LogP contribution >= 0.6 is 0 Å². The maximum atomic E-state index is 11.9. The number of carbonyl (C=O) groups is 1. The Kier molecular flexibility index (Phi) is 7.91. The largest absolute Gasteiger partial charge is 0.382 e. The van der Waals surface area contributed by atoms with Crippen LogP contribution < -0.4 is 5.73 Å². The molecule has 18 heavy (non-hydrogen) atoms. The second-order valence-corrected chi connectivity index (χ2v) is 4.41. The Hall–Kier alpha value is -0.690. The maximum Gasteiger partial charge on any atom is 0.248 e. The highest BCUT2D eigenvalue weighted by Gasteiger charge is 2.18. The average Bonchev–Trinajstić information content (AvgIpc) is 2.61. The van der Waals surface area contributed by atoms with E-state index >= 15 is 0 Å². The quantitative estimate of drug-likeness (QED) is 0.603. The SMILES string of the molecule is COCCOCC(=O)N1CCCN(CCN)CC1. The molecule has 106 valence electrons. The zero-order valence-corrected chi connectivity index (χ0v) is 11.3. The summed E-state index contributed by atoms with van der Waals surface area (Å²) >= 11 is 0. The lowest BCUT2D eigenvalue weighted by Crippen LogP contribution is -2.38. The Bertz CT molecular complexity index is 239. The van der Waals surface area contributed by atoms with Gasteiger partial charge in [-0.15, -0.1) is 0 Å². The Morgan fingerprint density at radius 1 is 1.22 bits per heavy atom. The molecule has 0 aromatic heterocycles. The standard InChI is InChI=1S/C12H25N3O3/c1-17-9-10-18-11-12(16)15-5-2-4-14(6-3-13)7-8-15/h2-11,13H2,1H3. The highest BCUT2D eigenvalue weighted by molar-refractivity contribution is 5.77. The molecule has 6 heteroatoms. The number of carbonyl (C=O) groups excluding carboxylic acids is 1. The van der Waals surface area contributed by atoms with Crippen molar-refractivity contribution < 1.29 is 14.3 Å². The van der Waals surface area contributed by atoms with Crippen molar-refractivity contribution in [2.24, 2.45) is 5.73 Å². The van der Waals surface area contributed by atoms with Gasteiger partial charge in [-0.1, -0.05) is 0 Å². The minimum Gasteiger partial charge on any atom is -0.382 e. The number of ether oxygens (including phenoxy) is 2. The maximum absolute atomic E-state index is 11.9. The first-order valence-electron chi connectivity index (χ1n) is 6.54. The zero-order valence-electron chi connectivity index (χ0n) is 11.3.